The van der Waals surface area contributed by atoms with Gasteiger partial charge < -0.3 is 15.6 Å². The van der Waals surface area contributed by atoms with Gasteiger partial charge in [0.15, 0.2) is 0 Å². The van der Waals surface area contributed by atoms with Gasteiger partial charge >= 0.3 is 79.4 Å². The van der Waals surface area contributed by atoms with Crippen molar-refractivity contribution in [2.45, 2.75) is 27.2 Å². The molecule has 0 saturated heterocycles. The Labute approximate surface area is 196 Å². The number of carbonyl (C=O) groups is 3. The second kappa shape index (κ2) is 12.0. The van der Waals surface area contributed by atoms with Crippen LogP contribution in [0.15, 0.2) is 24.3 Å². The third-order valence-electron chi connectivity index (χ3n) is 3.10. The van der Waals surface area contributed by atoms with E-state index in [1.54, 1.807) is 0 Å². The molecule has 1 N–H and O–H groups in total. The summed E-state index contributed by atoms with van der Waals surface area (Å²) in [6.07, 6.45) is -0.00967. The van der Waals surface area contributed by atoms with E-state index in [2.05, 4.69) is 17.9 Å². The quantitative estimate of drug-likeness (QED) is 0.142. The molecule has 144 valence electrons. The van der Waals surface area contributed by atoms with Gasteiger partial charge in [0.05, 0.1) is 0 Å². The standard InChI is InChI=1S/C15H22O9S.K.H/c1-6-15(7-22-12(16)10(2)3,8-23-13(17)11(4)5)14(18)24-9-25(19,20)21;;/h2,4,6-9H2,1,3,5H3,(H,19,20,21);;/q;+1;-1. The molecular formula is C15H23KO9S. The first-order chi connectivity index (χ1) is 11.3. The first-order valence-electron chi connectivity index (χ1n) is 7.12. The fourth-order valence-electron chi connectivity index (χ4n) is 1.44. The summed E-state index contributed by atoms with van der Waals surface area (Å²) in [5, 5.41) is 0. The number of rotatable bonds is 10. The van der Waals surface area contributed by atoms with Crippen molar-refractivity contribution < 1.29 is 94.4 Å². The summed E-state index contributed by atoms with van der Waals surface area (Å²) < 4.78 is 44.6. The van der Waals surface area contributed by atoms with Gasteiger partial charge in [0, 0.05) is 11.1 Å². The van der Waals surface area contributed by atoms with Crippen LogP contribution >= 0.6 is 0 Å². The maximum Gasteiger partial charge on any atom is 1.00 e. The van der Waals surface area contributed by atoms with Gasteiger partial charge in [-0.05, 0) is 20.3 Å². The molecule has 0 atom stereocenters. The van der Waals surface area contributed by atoms with Crippen LogP contribution in [-0.4, -0.2) is 50.0 Å². The van der Waals surface area contributed by atoms with Crippen LogP contribution < -0.4 is 51.4 Å². The topological polar surface area (TPSA) is 133 Å². The molecule has 0 unspecified atom stereocenters. The van der Waals surface area contributed by atoms with Crippen LogP contribution in [0.25, 0.3) is 0 Å². The molecule has 0 aliphatic rings. The average molecular weight is 419 g/mol. The van der Waals surface area contributed by atoms with E-state index >= 15 is 0 Å². The zero-order valence-corrected chi connectivity index (χ0v) is 19.3. The van der Waals surface area contributed by atoms with Crippen molar-refractivity contribution in [2.24, 2.45) is 5.41 Å². The van der Waals surface area contributed by atoms with Gasteiger partial charge in [0.1, 0.15) is 18.6 Å². The Morgan fingerprint density at radius 2 is 1.38 bits per heavy atom. The molecule has 0 aromatic rings. The SMILES string of the molecule is C=C(C)C(=O)OCC(CC)(COC(=O)C(=C)C)C(=O)OCS(=O)(=O)O.[H-].[K+]. The Bertz CT molecular complexity index is 643. The van der Waals surface area contributed by atoms with Gasteiger partial charge in [-0.2, -0.15) is 8.42 Å². The first-order valence-corrected chi connectivity index (χ1v) is 8.73. The van der Waals surface area contributed by atoms with Crippen LogP contribution in [0.4, 0.5) is 0 Å². The second-order valence-corrected chi connectivity index (χ2v) is 6.88. The van der Waals surface area contributed by atoms with Gasteiger partial charge in [-0.15, -0.1) is 0 Å². The molecule has 0 saturated carbocycles. The van der Waals surface area contributed by atoms with Gasteiger partial charge in [-0.25, -0.2) is 9.59 Å². The summed E-state index contributed by atoms with van der Waals surface area (Å²) in [5.74, 6) is -3.97. The Morgan fingerprint density at radius 1 is 1.00 bits per heavy atom. The molecule has 11 heteroatoms. The molecule has 0 aliphatic carbocycles. The van der Waals surface area contributed by atoms with Crippen molar-refractivity contribution in [1.82, 2.24) is 0 Å². The van der Waals surface area contributed by atoms with Gasteiger partial charge in [0.25, 0.3) is 0 Å². The van der Waals surface area contributed by atoms with Crippen LogP contribution in [0.1, 0.15) is 28.6 Å². The summed E-state index contributed by atoms with van der Waals surface area (Å²) in [4.78, 5) is 35.4. The molecule has 0 bridgehead atoms. The largest absolute Gasteiger partial charge is 1.00 e. The number of hydrogen-bond acceptors (Lipinski definition) is 8. The van der Waals surface area contributed by atoms with E-state index in [0.717, 1.165) is 0 Å². The van der Waals surface area contributed by atoms with Crippen LogP contribution in [0.3, 0.4) is 0 Å². The van der Waals surface area contributed by atoms with Gasteiger partial charge in [0.2, 0.25) is 5.94 Å². The number of esters is 3. The zero-order valence-electron chi connectivity index (χ0n) is 16.4. The van der Waals surface area contributed by atoms with E-state index in [4.69, 9.17) is 14.0 Å². The first kappa shape index (κ1) is 27.7. The van der Waals surface area contributed by atoms with Crippen molar-refractivity contribution in [2.75, 3.05) is 19.2 Å². The summed E-state index contributed by atoms with van der Waals surface area (Å²) in [6.45, 7) is 10.0. The summed E-state index contributed by atoms with van der Waals surface area (Å²) >= 11 is 0. The minimum atomic E-state index is -4.56. The van der Waals surface area contributed by atoms with E-state index < -0.39 is 52.6 Å². The van der Waals surface area contributed by atoms with Crippen LogP contribution in [0, 0.1) is 5.41 Å². The fraction of sp³-hybridized carbons (Fsp3) is 0.533. The smallest absolute Gasteiger partial charge is 1.00 e. The van der Waals surface area contributed by atoms with Crippen LogP contribution in [-0.2, 0) is 38.7 Å². The zero-order chi connectivity index (χ0) is 19.8. The number of carbonyl (C=O) groups excluding carboxylic acids is 3. The maximum atomic E-state index is 12.3. The molecule has 0 radical (unpaired) electrons. The Kier molecular flexibility index (Phi) is 12.8. The Balaban J connectivity index is -0.00000288. The van der Waals surface area contributed by atoms with E-state index in [-0.39, 0.29) is 70.4 Å². The number of ether oxygens (including phenoxy) is 3. The van der Waals surface area contributed by atoms with Crippen molar-refractivity contribution >= 4 is 28.0 Å². The van der Waals surface area contributed by atoms with E-state index in [9.17, 15) is 22.8 Å². The van der Waals surface area contributed by atoms with Crippen molar-refractivity contribution in [3.63, 3.8) is 0 Å². The molecule has 0 aromatic heterocycles. The molecule has 0 aliphatic heterocycles. The van der Waals surface area contributed by atoms with Crippen LogP contribution in [0.2, 0.25) is 0 Å². The molecular weight excluding hydrogens is 395 g/mol. The monoisotopic (exact) mass is 418 g/mol. The normalized spacial score (nSPS) is 10.9. The van der Waals surface area contributed by atoms with E-state index in [0.29, 0.717) is 0 Å². The third-order valence-corrected chi connectivity index (χ3v) is 3.52. The Morgan fingerprint density at radius 3 is 1.65 bits per heavy atom. The predicted molar refractivity (Wildman–Crippen MR) is 87.9 cm³/mol. The Hall–Kier alpha value is -0.564. The fourth-order valence-corrected chi connectivity index (χ4v) is 1.70. The summed E-state index contributed by atoms with van der Waals surface area (Å²) in [6, 6.07) is 0. The number of hydrogen-bond donors (Lipinski definition) is 1. The van der Waals surface area contributed by atoms with E-state index in [1.807, 2.05) is 0 Å². The molecule has 0 fully saturated rings. The molecule has 0 amide bonds. The molecule has 26 heavy (non-hydrogen) atoms. The summed E-state index contributed by atoms with van der Waals surface area (Å²) in [7, 11) is -4.56. The molecule has 0 heterocycles. The van der Waals surface area contributed by atoms with E-state index in [1.165, 1.54) is 20.8 Å². The summed E-state index contributed by atoms with van der Waals surface area (Å²) in [5.41, 5.74) is -1.49. The second-order valence-electron chi connectivity index (χ2n) is 5.48. The van der Waals surface area contributed by atoms with Crippen molar-refractivity contribution in [3.8, 4) is 0 Å². The third kappa shape index (κ3) is 9.95. The van der Waals surface area contributed by atoms with Crippen molar-refractivity contribution in [3.05, 3.63) is 24.3 Å². The van der Waals surface area contributed by atoms with Crippen LogP contribution in [0.5, 0.6) is 0 Å². The minimum absolute atomic E-state index is 0. The van der Waals surface area contributed by atoms with Crippen molar-refractivity contribution in [1.29, 1.82) is 0 Å². The maximum absolute atomic E-state index is 12.3. The molecule has 0 rings (SSSR count). The van der Waals surface area contributed by atoms with Gasteiger partial charge in [-0.3, -0.25) is 9.35 Å². The molecule has 9 nitrogen and oxygen atoms in total. The predicted octanol–water partition coefficient (Wildman–Crippen LogP) is -1.87. The average Bonchev–Trinajstić information content (AvgIpc) is 2.51. The molecule has 0 spiro atoms. The van der Waals surface area contributed by atoms with Gasteiger partial charge in [-0.1, -0.05) is 20.1 Å². The minimum Gasteiger partial charge on any atom is -1.00 e. The molecule has 0 aromatic carbocycles.